The van der Waals surface area contributed by atoms with Gasteiger partial charge in [-0.2, -0.15) is 0 Å². The van der Waals surface area contributed by atoms with Crippen LogP contribution in [-0.2, 0) is 16.0 Å². The van der Waals surface area contributed by atoms with E-state index in [4.69, 9.17) is 5.73 Å². The lowest BCUT2D eigenvalue weighted by atomic mass is 10.2. The van der Waals surface area contributed by atoms with Gasteiger partial charge < -0.3 is 15.8 Å². The SMILES string of the molecule is COC(=O)c1cccc(NC(=O)Cc2ccc(N)cn2)c1. The summed E-state index contributed by atoms with van der Waals surface area (Å²) in [5, 5.41) is 2.71. The van der Waals surface area contributed by atoms with Crippen molar-refractivity contribution in [1.82, 2.24) is 4.98 Å². The van der Waals surface area contributed by atoms with Crippen molar-refractivity contribution in [2.45, 2.75) is 6.42 Å². The van der Waals surface area contributed by atoms with E-state index in [9.17, 15) is 9.59 Å². The Morgan fingerprint density at radius 3 is 2.76 bits per heavy atom. The summed E-state index contributed by atoms with van der Waals surface area (Å²) in [5.41, 5.74) is 7.60. The Labute approximate surface area is 121 Å². The third-order valence-corrected chi connectivity index (χ3v) is 2.76. The molecule has 1 aromatic carbocycles. The Bertz CT molecular complexity index is 653. The number of nitrogens with two attached hydrogens (primary N) is 1. The zero-order valence-electron chi connectivity index (χ0n) is 11.5. The van der Waals surface area contributed by atoms with E-state index in [0.29, 0.717) is 22.6 Å². The summed E-state index contributed by atoms with van der Waals surface area (Å²) < 4.78 is 4.63. The Hall–Kier alpha value is -2.89. The number of hydrogen-bond donors (Lipinski definition) is 2. The van der Waals surface area contributed by atoms with Crippen LogP contribution in [0.25, 0.3) is 0 Å². The molecule has 21 heavy (non-hydrogen) atoms. The number of methoxy groups -OCH3 is 1. The van der Waals surface area contributed by atoms with Crippen molar-refractivity contribution >= 4 is 23.3 Å². The molecule has 0 fully saturated rings. The number of pyridine rings is 1. The van der Waals surface area contributed by atoms with Crippen LogP contribution >= 0.6 is 0 Å². The van der Waals surface area contributed by atoms with Crippen LogP contribution in [0.2, 0.25) is 0 Å². The minimum absolute atomic E-state index is 0.128. The van der Waals surface area contributed by atoms with Crippen LogP contribution < -0.4 is 11.1 Å². The summed E-state index contributed by atoms with van der Waals surface area (Å²) >= 11 is 0. The number of anilines is 2. The number of aromatic nitrogens is 1. The Morgan fingerprint density at radius 2 is 2.10 bits per heavy atom. The first kappa shape index (κ1) is 14.5. The van der Waals surface area contributed by atoms with E-state index in [-0.39, 0.29) is 12.3 Å². The topological polar surface area (TPSA) is 94.3 Å². The molecular weight excluding hydrogens is 270 g/mol. The summed E-state index contributed by atoms with van der Waals surface area (Å²) in [5.74, 6) is -0.680. The van der Waals surface area contributed by atoms with Crippen molar-refractivity contribution < 1.29 is 14.3 Å². The molecule has 0 bridgehead atoms. The first-order valence-corrected chi connectivity index (χ1v) is 6.27. The number of rotatable bonds is 4. The molecule has 0 aliphatic carbocycles. The lowest BCUT2D eigenvalue weighted by Crippen LogP contribution is -2.15. The van der Waals surface area contributed by atoms with Gasteiger partial charge in [0.1, 0.15) is 0 Å². The standard InChI is InChI=1S/C15H15N3O3/c1-21-15(20)10-3-2-4-13(7-10)18-14(19)8-12-6-5-11(16)9-17-12/h2-7,9H,8,16H2,1H3,(H,18,19). The van der Waals surface area contributed by atoms with Crippen LogP contribution in [0, 0.1) is 0 Å². The van der Waals surface area contributed by atoms with Gasteiger partial charge in [-0.3, -0.25) is 9.78 Å². The molecule has 1 heterocycles. The van der Waals surface area contributed by atoms with Gasteiger partial charge in [0.05, 0.1) is 31.0 Å². The number of esters is 1. The molecule has 108 valence electrons. The minimum atomic E-state index is -0.452. The molecule has 3 N–H and O–H groups in total. The number of nitrogens with one attached hydrogen (secondary N) is 1. The highest BCUT2D eigenvalue weighted by Gasteiger charge is 2.08. The van der Waals surface area contributed by atoms with Crippen LogP contribution in [0.4, 0.5) is 11.4 Å². The van der Waals surface area contributed by atoms with Crippen LogP contribution in [0.15, 0.2) is 42.6 Å². The molecular formula is C15H15N3O3. The average molecular weight is 285 g/mol. The Kier molecular flexibility index (Phi) is 4.50. The highest BCUT2D eigenvalue weighted by molar-refractivity contribution is 5.95. The largest absolute Gasteiger partial charge is 0.465 e. The smallest absolute Gasteiger partial charge is 0.337 e. The van der Waals surface area contributed by atoms with E-state index in [1.165, 1.54) is 13.3 Å². The van der Waals surface area contributed by atoms with Crippen molar-refractivity contribution in [3.63, 3.8) is 0 Å². The van der Waals surface area contributed by atoms with Crippen LogP contribution in [0.5, 0.6) is 0 Å². The maximum absolute atomic E-state index is 11.9. The van der Waals surface area contributed by atoms with Gasteiger partial charge in [-0.1, -0.05) is 6.07 Å². The Balaban J connectivity index is 2.02. The third kappa shape index (κ3) is 4.04. The zero-order valence-corrected chi connectivity index (χ0v) is 11.5. The lowest BCUT2D eigenvalue weighted by Gasteiger charge is -2.06. The van der Waals surface area contributed by atoms with E-state index in [1.54, 1.807) is 36.4 Å². The van der Waals surface area contributed by atoms with Crippen LogP contribution in [0.1, 0.15) is 16.1 Å². The highest BCUT2D eigenvalue weighted by Crippen LogP contribution is 2.12. The first-order chi connectivity index (χ1) is 10.1. The summed E-state index contributed by atoms with van der Waals surface area (Å²) in [4.78, 5) is 27.4. The maximum atomic E-state index is 11.9. The van der Waals surface area contributed by atoms with Crippen LogP contribution in [-0.4, -0.2) is 24.0 Å². The number of ether oxygens (including phenoxy) is 1. The van der Waals surface area contributed by atoms with Crippen molar-refractivity contribution in [2.75, 3.05) is 18.2 Å². The molecule has 0 atom stereocenters. The van der Waals surface area contributed by atoms with E-state index in [1.807, 2.05) is 0 Å². The first-order valence-electron chi connectivity index (χ1n) is 6.27. The molecule has 0 saturated carbocycles. The highest BCUT2D eigenvalue weighted by atomic mass is 16.5. The molecule has 6 nitrogen and oxygen atoms in total. The monoisotopic (exact) mass is 285 g/mol. The number of nitrogen functional groups attached to an aromatic ring is 1. The molecule has 2 aromatic rings. The van der Waals surface area contributed by atoms with E-state index in [2.05, 4.69) is 15.0 Å². The fraction of sp³-hybridized carbons (Fsp3) is 0.133. The molecule has 0 radical (unpaired) electrons. The summed E-state index contributed by atoms with van der Waals surface area (Å²) in [6.07, 6.45) is 1.63. The van der Waals surface area contributed by atoms with Gasteiger partial charge in [-0.25, -0.2) is 4.79 Å². The number of hydrogen-bond acceptors (Lipinski definition) is 5. The summed E-state index contributed by atoms with van der Waals surface area (Å²) in [7, 11) is 1.31. The molecule has 0 spiro atoms. The molecule has 6 heteroatoms. The van der Waals surface area contributed by atoms with Gasteiger partial charge >= 0.3 is 5.97 Å². The number of carbonyl (C=O) groups excluding carboxylic acids is 2. The van der Waals surface area contributed by atoms with Gasteiger partial charge in [0.15, 0.2) is 0 Å². The fourth-order valence-electron chi connectivity index (χ4n) is 1.75. The van der Waals surface area contributed by atoms with Gasteiger partial charge in [0.25, 0.3) is 0 Å². The zero-order chi connectivity index (χ0) is 15.2. The fourth-order valence-corrected chi connectivity index (χ4v) is 1.75. The lowest BCUT2D eigenvalue weighted by molar-refractivity contribution is -0.115. The number of benzene rings is 1. The van der Waals surface area contributed by atoms with Crippen molar-refractivity contribution in [1.29, 1.82) is 0 Å². The molecule has 0 aliphatic rings. The second kappa shape index (κ2) is 6.51. The second-order valence-corrected chi connectivity index (χ2v) is 4.38. The van der Waals surface area contributed by atoms with Crippen molar-refractivity contribution in [3.8, 4) is 0 Å². The molecule has 0 aliphatic heterocycles. The maximum Gasteiger partial charge on any atom is 0.337 e. The quantitative estimate of drug-likeness (QED) is 0.833. The van der Waals surface area contributed by atoms with Gasteiger partial charge in [-0.15, -0.1) is 0 Å². The van der Waals surface area contributed by atoms with Gasteiger partial charge in [0.2, 0.25) is 5.91 Å². The number of carbonyl (C=O) groups is 2. The molecule has 0 unspecified atom stereocenters. The number of nitrogens with zero attached hydrogens (tertiary/aromatic N) is 1. The normalized spacial score (nSPS) is 9.95. The van der Waals surface area contributed by atoms with Gasteiger partial charge in [0, 0.05) is 11.4 Å². The predicted molar refractivity (Wildman–Crippen MR) is 78.8 cm³/mol. The van der Waals surface area contributed by atoms with Gasteiger partial charge in [-0.05, 0) is 30.3 Å². The predicted octanol–water partition coefficient (Wildman–Crippen LogP) is 1.63. The minimum Gasteiger partial charge on any atom is -0.465 e. The van der Waals surface area contributed by atoms with Crippen molar-refractivity contribution in [3.05, 3.63) is 53.9 Å². The summed E-state index contributed by atoms with van der Waals surface area (Å²) in [6.45, 7) is 0. The van der Waals surface area contributed by atoms with Crippen LogP contribution in [0.3, 0.4) is 0 Å². The average Bonchev–Trinajstić information content (AvgIpc) is 2.49. The second-order valence-electron chi connectivity index (χ2n) is 4.38. The molecule has 1 aromatic heterocycles. The van der Waals surface area contributed by atoms with E-state index < -0.39 is 5.97 Å². The number of amides is 1. The molecule has 0 saturated heterocycles. The summed E-state index contributed by atoms with van der Waals surface area (Å²) in [6, 6.07) is 9.92. The molecule has 1 amide bonds. The third-order valence-electron chi connectivity index (χ3n) is 2.76. The van der Waals surface area contributed by atoms with Crippen molar-refractivity contribution in [2.24, 2.45) is 0 Å². The van der Waals surface area contributed by atoms with E-state index in [0.717, 1.165) is 0 Å². The van der Waals surface area contributed by atoms with E-state index >= 15 is 0 Å². The Morgan fingerprint density at radius 1 is 1.29 bits per heavy atom. The molecule has 2 rings (SSSR count).